The summed E-state index contributed by atoms with van der Waals surface area (Å²) >= 11 is 0. The number of pyridine rings is 1. The Bertz CT molecular complexity index is 1080. The molecule has 0 radical (unpaired) electrons. The Morgan fingerprint density at radius 3 is 2.45 bits per heavy atom. The fourth-order valence-electron chi connectivity index (χ4n) is 2.40. The third kappa shape index (κ3) is 8.16. The summed E-state index contributed by atoms with van der Waals surface area (Å²) in [6.45, 7) is 6.22. The highest BCUT2D eigenvalue weighted by molar-refractivity contribution is 7.90. The van der Waals surface area contributed by atoms with Crippen molar-refractivity contribution in [2.45, 2.75) is 31.8 Å². The van der Waals surface area contributed by atoms with Crippen LogP contribution in [0.25, 0.3) is 0 Å². The molecule has 2 rings (SSSR count). The summed E-state index contributed by atoms with van der Waals surface area (Å²) in [4.78, 5) is 39.6. The van der Waals surface area contributed by atoms with Gasteiger partial charge in [0.1, 0.15) is 0 Å². The molecule has 0 bridgehead atoms. The van der Waals surface area contributed by atoms with Crippen molar-refractivity contribution in [3.8, 4) is 5.88 Å². The lowest BCUT2D eigenvalue weighted by Crippen LogP contribution is -2.31. The molecule has 0 aliphatic rings. The molecule has 12 heteroatoms. The van der Waals surface area contributed by atoms with E-state index in [-0.39, 0.29) is 34.6 Å². The molecule has 0 aliphatic carbocycles. The maximum atomic E-state index is 12.6. The smallest absolute Gasteiger partial charge is 0.431 e. The summed E-state index contributed by atoms with van der Waals surface area (Å²) in [5.41, 5.74) is 0.0197. The van der Waals surface area contributed by atoms with E-state index < -0.39 is 28.0 Å². The highest BCUT2D eigenvalue weighted by Gasteiger charge is 2.21. The van der Waals surface area contributed by atoms with Gasteiger partial charge in [-0.1, -0.05) is 6.07 Å². The van der Waals surface area contributed by atoms with Gasteiger partial charge < -0.3 is 19.5 Å². The van der Waals surface area contributed by atoms with Gasteiger partial charge in [-0.3, -0.25) is 9.59 Å². The Kier molecular flexibility index (Phi) is 9.30. The number of ether oxygens (including phenoxy) is 3. The Labute approximate surface area is 191 Å². The molecule has 2 N–H and O–H groups in total. The quantitative estimate of drug-likeness (QED) is 0.385. The third-order valence-corrected chi connectivity index (χ3v) is 5.22. The number of hydrogen-bond acceptors (Lipinski definition) is 9. The van der Waals surface area contributed by atoms with Crippen LogP contribution in [0.2, 0.25) is 0 Å². The summed E-state index contributed by atoms with van der Waals surface area (Å²) < 4.78 is 41.9. The Hall–Kier alpha value is -3.51. The van der Waals surface area contributed by atoms with E-state index in [1.807, 2.05) is 11.6 Å². The summed E-state index contributed by atoms with van der Waals surface area (Å²) in [5.74, 6) is -1.55. The van der Waals surface area contributed by atoms with Crippen molar-refractivity contribution in [1.29, 1.82) is 0 Å². The van der Waals surface area contributed by atoms with E-state index in [4.69, 9.17) is 14.2 Å². The first kappa shape index (κ1) is 25.7. The molecule has 0 saturated heterocycles. The van der Waals surface area contributed by atoms with Crippen LogP contribution in [-0.4, -0.2) is 57.2 Å². The monoisotopic (exact) mass is 479 g/mol. The molecular formula is C21H25N3O8S. The van der Waals surface area contributed by atoms with Crippen molar-refractivity contribution in [3.63, 3.8) is 0 Å². The molecule has 178 valence electrons. The van der Waals surface area contributed by atoms with Crippen LogP contribution < -0.4 is 14.8 Å². The van der Waals surface area contributed by atoms with Gasteiger partial charge in [0.25, 0.3) is 21.8 Å². The first-order chi connectivity index (χ1) is 15.6. The number of benzene rings is 1. The predicted octanol–water partition coefficient (Wildman–Crippen LogP) is 1.89. The first-order valence-corrected chi connectivity index (χ1v) is 11.5. The molecule has 0 aliphatic heterocycles. The van der Waals surface area contributed by atoms with Gasteiger partial charge in [0.15, 0.2) is 0 Å². The lowest BCUT2D eigenvalue weighted by atomic mass is 10.2. The van der Waals surface area contributed by atoms with Gasteiger partial charge in [-0.05, 0) is 45.0 Å². The lowest BCUT2D eigenvalue weighted by molar-refractivity contribution is 0.0715. The van der Waals surface area contributed by atoms with Crippen molar-refractivity contribution in [1.82, 2.24) is 15.0 Å². The number of nitrogens with one attached hydrogen (secondary N) is 2. The standard InChI is InChI=1S/C21H25N3O8S/c1-4-30-11-10-22-19(25)15-6-5-7-17(12-15)33(28,29)24-20(26)16-8-9-18(23-13-16)32-21(27)31-14(2)3/h5-9,12-14H,4,10-11H2,1-3H3,(H,22,25)(H,24,26). The third-order valence-electron chi connectivity index (χ3n) is 3.89. The Balaban J connectivity index is 2.04. The van der Waals surface area contributed by atoms with Crippen molar-refractivity contribution in [2.75, 3.05) is 19.8 Å². The van der Waals surface area contributed by atoms with Crippen LogP contribution in [-0.2, 0) is 19.5 Å². The maximum absolute atomic E-state index is 12.6. The predicted molar refractivity (Wildman–Crippen MR) is 116 cm³/mol. The van der Waals surface area contributed by atoms with Gasteiger partial charge >= 0.3 is 6.16 Å². The first-order valence-electron chi connectivity index (χ1n) is 10.00. The van der Waals surface area contributed by atoms with Crippen LogP contribution in [0, 0.1) is 0 Å². The molecule has 33 heavy (non-hydrogen) atoms. The number of carbonyl (C=O) groups excluding carboxylic acids is 3. The molecule has 0 atom stereocenters. The molecule has 11 nitrogen and oxygen atoms in total. The molecule has 1 heterocycles. The highest BCUT2D eigenvalue weighted by Crippen LogP contribution is 2.14. The minimum Gasteiger partial charge on any atom is -0.431 e. The lowest BCUT2D eigenvalue weighted by Gasteiger charge is -2.10. The van der Waals surface area contributed by atoms with Gasteiger partial charge in [0.2, 0.25) is 5.88 Å². The molecule has 0 fully saturated rings. The minimum absolute atomic E-state index is 0.0898. The topological polar surface area (TPSA) is 150 Å². The van der Waals surface area contributed by atoms with Crippen molar-refractivity contribution in [3.05, 3.63) is 53.7 Å². The van der Waals surface area contributed by atoms with Crippen LogP contribution in [0.4, 0.5) is 4.79 Å². The van der Waals surface area contributed by atoms with Crippen LogP contribution in [0.15, 0.2) is 47.5 Å². The van der Waals surface area contributed by atoms with Crippen molar-refractivity contribution < 1.29 is 37.0 Å². The van der Waals surface area contributed by atoms with Crippen LogP contribution in [0.1, 0.15) is 41.5 Å². The van der Waals surface area contributed by atoms with E-state index in [0.29, 0.717) is 13.2 Å². The van der Waals surface area contributed by atoms with Crippen LogP contribution >= 0.6 is 0 Å². The molecular weight excluding hydrogens is 454 g/mol. The zero-order valence-corrected chi connectivity index (χ0v) is 19.2. The normalized spacial score (nSPS) is 11.0. The molecule has 1 aromatic carbocycles. The minimum atomic E-state index is -4.27. The van der Waals surface area contributed by atoms with E-state index in [1.54, 1.807) is 13.8 Å². The van der Waals surface area contributed by atoms with Crippen molar-refractivity contribution >= 4 is 28.0 Å². The van der Waals surface area contributed by atoms with E-state index in [9.17, 15) is 22.8 Å². The van der Waals surface area contributed by atoms with E-state index in [2.05, 4.69) is 10.3 Å². The van der Waals surface area contributed by atoms with E-state index >= 15 is 0 Å². The van der Waals surface area contributed by atoms with Crippen LogP contribution in [0.3, 0.4) is 0 Å². The Morgan fingerprint density at radius 1 is 1.06 bits per heavy atom. The number of hydrogen-bond donors (Lipinski definition) is 2. The fraction of sp³-hybridized carbons (Fsp3) is 0.333. The second-order valence-corrected chi connectivity index (χ2v) is 8.50. The van der Waals surface area contributed by atoms with E-state index in [0.717, 1.165) is 12.3 Å². The molecule has 0 saturated carbocycles. The number of sulfonamides is 1. The van der Waals surface area contributed by atoms with E-state index in [1.165, 1.54) is 30.3 Å². The summed E-state index contributed by atoms with van der Waals surface area (Å²) in [5, 5.41) is 2.61. The average Bonchev–Trinajstić information content (AvgIpc) is 2.76. The van der Waals surface area contributed by atoms with Gasteiger partial charge in [0, 0.05) is 31.0 Å². The second-order valence-electron chi connectivity index (χ2n) is 6.82. The number of nitrogens with zero attached hydrogens (tertiary/aromatic N) is 1. The average molecular weight is 480 g/mol. The summed E-state index contributed by atoms with van der Waals surface area (Å²) in [6.07, 6.45) is -0.294. The molecule has 0 unspecified atom stereocenters. The summed E-state index contributed by atoms with van der Waals surface area (Å²) in [7, 11) is -4.27. The van der Waals surface area contributed by atoms with Gasteiger partial charge in [-0.15, -0.1) is 0 Å². The number of aromatic nitrogens is 1. The van der Waals surface area contributed by atoms with Gasteiger partial charge in [0.05, 0.1) is 23.2 Å². The zero-order valence-electron chi connectivity index (χ0n) is 18.4. The number of rotatable bonds is 10. The second kappa shape index (κ2) is 11.9. The number of amides is 2. The highest BCUT2D eigenvalue weighted by atomic mass is 32.2. The maximum Gasteiger partial charge on any atom is 0.515 e. The van der Waals surface area contributed by atoms with Crippen LogP contribution in [0.5, 0.6) is 5.88 Å². The van der Waals surface area contributed by atoms with Gasteiger partial charge in [-0.2, -0.15) is 0 Å². The summed E-state index contributed by atoms with van der Waals surface area (Å²) in [6, 6.07) is 7.70. The molecule has 1 aromatic heterocycles. The fourth-order valence-corrected chi connectivity index (χ4v) is 3.42. The van der Waals surface area contributed by atoms with Crippen molar-refractivity contribution in [2.24, 2.45) is 0 Å². The zero-order chi connectivity index (χ0) is 24.4. The molecule has 2 aromatic rings. The SMILES string of the molecule is CCOCCNC(=O)c1cccc(S(=O)(=O)NC(=O)c2ccc(OC(=O)OC(C)C)nc2)c1. The Morgan fingerprint density at radius 2 is 1.82 bits per heavy atom. The number of carbonyl (C=O) groups is 3. The van der Waals surface area contributed by atoms with Gasteiger partial charge in [-0.25, -0.2) is 22.9 Å². The largest absolute Gasteiger partial charge is 0.515 e. The molecule has 2 amide bonds. The molecule has 0 spiro atoms.